The van der Waals surface area contributed by atoms with Crippen molar-refractivity contribution in [1.82, 2.24) is 5.16 Å². The Balaban J connectivity index is 1.27. The Hall–Kier alpha value is -3.91. The lowest BCUT2D eigenvalue weighted by molar-refractivity contribution is -0.146. The Morgan fingerprint density at radius 3 is 2.22 bits per heavy atom. The number of aryl methyl sites for hydroxylation is 2. The van der Waals surface area contributed by atoms with Crippen molar-refractivity contribution in [1.29, 1.82) is 0 Å². The van der Waals surface area contributed by atoms with Gasteiger partial charge in [-0.05, 0) is 74.3 Å². The fraction of sp³-hybridized carbons (Fsp3) is 0.333. The standard InChI is InChI=1S/C33H32F3NO4/c1-3-40-31(39)32(19-20-32)26-17-15-23(16-18-26)22-11-13-25(14-12-22)30-29(21(2)37-41-30)28(38)10-6-8-24-7-4-5-9-27(24)33(34,35)36/h4-5,7,9,11-18,28,38H,3,6,8,10,19-20H2,1-2H3. The number of aliphatic hydroxyl groups is 1. The quantitative estimate of drug-likeness (QED) is 0.198. The van der Waals surface area contributed by atoms with E-state index in [-0.39, 0.29) is 24.4 Å². The van der Waals surface area contributed by atoms with Gasteiger partial charge in [-0.3, -0.25) is 4.79 Å². The highest BCUT2D eigenvalue weighted by Gasteiger charge is 2.52. The van der Waals surface area contributed by atoms with E-state index in [1.165, 1.54) is 12.1 Å². The van der Waals surface area contributed by atoms with E-state index < -0.39 is 23.3 Å². The van der Waals surface area contributed by atoms with Crippen LogP contribution in [0, 0.1) is 6.92 Å². The van der Waals surface area contributed by atoms with E-state index in [4.69, 9.17) is 9.26 Å². The van der Waals surface area contributed by atoms with Crippen LogP contribution in [0.1, 0.15) is 66.7 Å². The minimum Gasteiger partial charge on any atom is -0.465 e. The van der Waals surface area contributed by atoms with Gasteiger partial charge in [0.1, 0.15) is 0 Å². The van der Waals surface area contributed by atoms with Crippen molar-refractivity contribution in [3.8, 4) is 22.5 Å². The number of aliphatic hydroxyl groups excluding tert-OH is 1. The largest absolute Gasteiger partial charge is 0.465 e. The third-order valence-corrected chi connectivity index (χ3v) is 7.82. The molecule has 41 heavy (non-hydrogen) atoms. The predicted molar refractivity (Wildman–Crippen MR) is 149 cm³/mol. The average Bonchev–Trinajstić information content (AvgIpc) is 3.69. The normalized spacial score (nSPS) is 15.0. The second kappa shape index (κ2) is 11.5. The number of rotatable bonds is 10. The smallest absolute Gasteiger partial charge is 0.416 e. The van der Waals surface area contributed by atoms with Gasteiger partial charge in [0.15, 0.2) is 5.76 Å². The molecule has 0 radical (unpaired) electrons. The van der Waals surface area contributed by atoms with Crippen molar-refractivity contribution in [2.24, 2.45) is 0 Å². The van der Waals surface area contributed by atoms with Crippen LogP contribution in [-0.4, -0.2) is 22.8 Å². The molecule has 1 atom stereocenters. The Labute approximate surface area is 237 Å². The van der Waals surface area contributed by atoms with E-state index in [1.807, 2.05) is 55.5 Å². The van der Waals surface area contributed by atoms with Crippen molar-refractivity contribution >= 4 is 5.97 Å². The van der Waals surface area contributed by atoms with Gasteiger partial charge in [-0.25, -0.2) is 0 Å². The Morgan fingerprint density at radius 1 is 1.00 bits per heavy atom. The maximum atomic E-state index is 13.3. The van der Waals surface area contributed by atoms with Crippen LogP contribution in [0.25, 0.3) is 22.5 Å². The summed E-state index contributed by atoms with van der Waals surface area (Å²) in [4.78, 5) is 12.4. The highest BCUT2D eigenvalue weighted by molar-refractivity contribution is 5.87. The minimum atomic E-state index is -4.41. The molecule has 1 N–H and O–H groups in total. The van der Waals surface area contributed by atoms with Gasteiger partial charge in [-0.2, -0.15) is 13.2 Å². The average molecular weight is 564 g/mol. The van der Waals surface area contributed by atoms with E-state index in [1.54, 1.807) is 13.0 Å². The van der Waals surface area contributed by atoms with Gasteiger partial charge < -0.3 is 14.4 Å². The van der Waals surface area contributed by atoms with Gasteiger partial charge in [-0.1, -0.05) is 71.9 Å². The molecule has 214 valence electrons. The molecule has 1 aliphatic rings. The van der Waals surface area contributed by atoms with Crippen LogP contribution in [0.5, 0.6) is 0 Å². The number of benzene rings is 3. The molecule has 0 saturated heterocycles. The monoisotopic (exact) mass is 563 g/mol. The molecule has 0 bridgehead atoms. The molecular formula is C33H32F3NO4. The van der Waals surface area contributed by atoms with Gasteiger partial charge in [-0.15, -0.1) is 0 Å². The number of halogens is 3. The molecule has 1 heterocycles. The SMILES string of the molecule is CCOC(=O)C1(c2ccc(-c3ccc(-c4onc(C)c4C(O)CCCc4ccccc4C(F)(F)F)cc3)cc2)CC1. The molecule has 0 amide bonds. The zero-order valence-electron chi connectivity index (χ0n) is 23.0. The number of esters is 1. The van der Waals surface area contributed by atoms with E-state index >= 15 is 0 Å². The number of hydrogen-bond donors (Lipinski definition) is 1. The lowest BCUT2D eigenvalue weighted by Crippen LogP contribution is -2.23. The topological polar surface area (TPSA) is 72.6 Å². The summed E-state index contributed by atoms with van der Waals surface area (Å²) in [6.07, 6.45) is -2.93. The third-order valence-electron chi connectivity index (χ3n) is 7.82. The number of alkyl halides is 3. The molecule has 1 fully saturated rings. The van der Waals surface area contributed by atoms with Crippen molar-refractivity contribution in [3.05, 3.63) is 101 Å². The Morgan fingerprint density at radius 2 is 1.61 bits per heavy atom. The summed E-state index contributed by atoms with van der Waals surface area (Å²) in [6, 6.07) is 21.2. The number of carbonyl (C=O) groups is 1. The van der Waals surface area contributed by atoms with Crippen LogP contribution in [0.2, 0.25) is 0 Å². The highest BCUT2D eigenvalue weighted by atomic mass is 19.4. The number of carbonyl (C=O) groups excluding carboxylic acids is 1. The van der Waals surface area contributed by atoms with Crippen LogP contribution < -0.4 is 0 Å². The molecule has 3 aromatic carbocycles. The van der Waals surface area contributed by atoms with Crippen LogP contribution in [0.3, 0.4) is 0 Å². The molecule has 1 unspecified atom stereocenters. The molecule has 1 saturated carbocycles. The van der Waals surface area contributed by atoms with Gasteiger partial charge >= 0.3 is 12.1 Å². The molecule has 5 rings (SSSR count). The molecule has 8 heteroatoms. The molecule has 1 aliphatic carbocycles. The number of nitrogens with zero attached hydrogens (tertiary/aromatic N) is 1. The zero-order valence-corrected chi connectivity index (χ0v) is 23.0. The fourth-order valence-electron chi connectivity index (χ4n) is 5.42. The Bertz CT molecular complexity index is 1500. The second-order valence-corrected chi connectivity index (χ2v) is 10.5. The van der Waals surface area contributed by atoms with E-state index in [0.29, 0.717) is 30.0 Å². The molecule has 0 spiro atoms. The lowest BCUT2D eigenvalue weighted by Gasteiger charge is -2.15. The minimum absolute atomic E-state index is 0.163. The second-order valence-electron chi connectivity index (χ2n) is 10.5. The van der Waals surface area contributed by atoms with Crippen LogP contribution in [-0.2, 0) is 27.5 Å². The lowest BCUT2D eigenvalue weighted by atomic mass is 9.93. The first kappa shape index (κ1) is 28.6. The third kappa shape index (κ3) is 5.93. The van der Waals surface area contributed by atoms with Crippen molar-refractivity contribution in [2.75, 3.05) is 6.61 Å². The van der Waals surface area contributed by atoms with Crippen molar-refractivity contribution < 1.29 is 32.3 Å². The molecule has 5 nitrogen and oxygen atoms in total. The predicted octanol–water partition coefficient (Wildman–Crippen LogP) is 7.99. The summed E-state index contributed by atoms with van der Waals surface area (Å²) in [5.74, 6) is 0.279. The van der Waals surface area contributed by atoms with Gasteiger partial charge in [0, 0.05) is 5.56 Å². The molecule has 0 aliphatic heterocycles. The first-order chi connectivity index (χ1) is 19.6. The summed E-state index contributed by atoms with van der Waals surface area (Å²) in [5, 5.41) is 15.0. The number of ether oxygens (including phenoxy) is 1. The molecule has 1 aromatic heterocycles. The first-order valence-corrected chi connectivity index (χ1v) is 13.8. The van der Waals surface area contributed by atoms with Crippen LogP contribution in [0.15, 0.2) is 77.3 Å². The van der Waals surface area contributed by atoms with E-state index in [9.17, 15) is 23.1 Å². The van der Waals surface area contributed by atoms with Gasteiger partial charge in [0.05, 0.1) is 34.9 Å². The summed E-state index contributed by atoms with van der Waals surface area (Å²) in [5.41, 5.74) is 3.81. The summed E-state index contributed by atoms with van der Waals surface area (Å²) in [6.45, 7) is 3.92. The van der Waals surface area contributed by atoms with E-state index in [0.717, 1.165) is 41.2 Å². The first-order valence-electron chi connectivity index (χ1n) is 13.8. The highest BCUT2D eigenvalue weighted by Crippen LogP contribution is 2.49. The van der Waals surface area contributed by atoms with Crippen LogP contribution >= 0.6 is 0 Å². The maximum absolute atomic E-state index is 13.3. The molecular weight excluding hydrogens is 531 g/mol. The Kier molecular flexibility index (Phi) is 8.04. The number of aromatic nitrogens is 1. The summed E-state index contributed by atoms with van der Waals surface area (Å²) in [7, 11) is 0. The van der Waals surface area contributed by atoms with Crippen LogP contribution in [0.4, 0.5) is 13.2 Å². The van der Waals surface area contributed by atoms with Gasteiger partial charge in [0.2, 0.25) is 0 Å². The van der Waals surface area contributed by atoms with Crippen molar-refractivity contribution in [3.63, 3.8) is 0 Å². The van der Waals surface area contributed by atoms with Crippen molar-refractivity contribution in [2.45, 2.75) is 63.6 Å². The summed E-state index contributed by atoms with van der Waals surface area (Å²) < 4.78 is 50.8. The van der Waals surface area contributed by atoms with Gasteiger partial charge in [0.25, 0.3) is 0 Å². The maximum Gasteiger partial charge on any atom is 0.416 e. The van der Waals surface area contributed by atoms with E-state index in [2.05, 4.69) is 5.16 Å². The fourth-order valence-corrected chi connectivity index (χ4v) is 5.42. The number of hydrogen-bond acceptors (Lipinski definition) is 5. The zero-order chi connectivity index (χ0) is 29.2. The molecule has 4 aromatic rings. The summed E-state index contributed by atoms with van der Waals surface area (Å²) >= 11 is 0.